The van der Waals surface area contributed by atoms with E-state index in [1.807, 2.05) is 0 Å². The minimum Gasteiger partial charge on any atom is -0.313 e. The number of nitrogens with one attached hydrogen (secondary N) is 1. The Hall–Kier alpha value is -0.0400. The van der Waals surface area contributed by atoms with Gasteiger partial charge in [0, 0.05) is 12.6 Å². The summed E-state index contributed by atoms with van der Waals surface area (Å²) in [4.78, 5) is 0. The average molecular weight is 247 g/mol. The van der Waals surface area contributed by atoms with Crippen molar-refractivity contribution in [2.75, 3.05) is 6.54 Å². The van der Waals surface area contributed by atoms with E-state index >= 15 is 0 Å². The molecular formula is C17H29N. The molecule has 4 saturated carbocycles. The van der Waals surface area contributed by atoms with Crippen molar-refractivity contribution in [1.82, 2.24) is 5.32 Å². The van der Waals surface area contributed by atoms with Gasteiger partial charge in [-0.05, 0) is 73.0 Å². The molecule has 102 valence electrons. The molecule has 3 atom stereocenters. The second-order valence-electron chi connectivity index (χ2n) is 8.68. The molecule has 1 nitrogen and oxygen atoms in total. The second-order valence-corrected chi connectivity index (χ2v) is 8.68. The van der Waals surface area contributed by atoms with Crippen LogP contribution >= 0.6 is 0 Å². The van der Waals surface area contributed by atoms with E-state index in [1.54, 1.807) is 0 Å². The number of fused-ring (bicyclic) bond motifs is 2. The molecule has 0 aliphatic heterocycles. The first-order valence-corrected chi connectivity index (χ1v) is 8.21. The Kier molecular flexibility index (Phi) is 2.18. The molecule has 0 heterocycles. The van der Waals surface area contributed by atoms with Gasteiger partial charge in [0.1, 0.15) is 0 Å². The Bertz CT molecular complexity index is 364. The van der Waals surface area contributed by atoms with Crippen LogP contribution in [0.1, 0.15) is 65.7 Å². The van der Waals surface area contributed by atoms with Crippen LogP contribution in [0.15, 0.2) is 0 Å². The first-order chi connectivity index (χ1) is 8.48. The van der Waals surface area contributed by atoms with Crippen molar-refractivity contribution in [1.29, 1.82) is 0 Å². The summed E-state index contributed by atoms with van der Waals surface area (Å²) in [6.07, 6.45) is 10.5. The molecular weight excluding hydrogens is 218 g/mol. The van der Waals surface area contributed by atoms with E-state index in [-0.39, 0.29) is 0 Å². The standard InChI is InChI=1S/C17H29N/c1-15(2)13-6-7-16(15,3)14(10-13)18-11-17(8-9-17)12-4-5-12/h12-14,18H,4-11H2,1-3H3. The van der Waals surface area contributed by atoms with Crippen LogP contribution < -0.4 is 5.32 Å². The molecule has 4 rings (SSSR count). The molecule has 3 unspecified atom stereocenters. The van der Waals surface area contributed by atoms with Gasteiger partial charge in [-0.3, -0.25) is 0 Å². The zero-order valence-electron chi connectivity index (χ0n) is 12.4. The monoisotopic (exact) mass is 247 g/mol. The van der Waals surface area contributed by atoms with Crippen LogP contribution in [0.4, 0.5) is 0 Å². The predicted molar refractivity (Wildman–Crippen MR) is 75.4 cm³/mol. The van der Waals surface area contributed by atoms with Gasteiger partial charge in [0.15, 0.2) is 0 Å². The molecule has 0 aromatic carbocycles. The van der Waals surface area contributed by atoms with Gasteiger partial charge in [0.2, 0.25) is 0 Å². The molecule has 0 spiro atoms. The Balaban J connectivity index is 1.44. The van der Waals surface area contributed by atoms with Crippen LogP contribution in [-0.2, 0) is 0 Å². The number of hydrogen-bond donors (Lipinski definition) is 1. The fraction of sp³-hybridized carbons (Fsp3) is 1.00. The van der Waals surface area contributed by atoms with Crippen LogP contribution in [-0.4, -0.2) is 12.6 Å². The third-order valence-corrected chi connectivity index (χ3v) is 7.83. The second kappa shape index (κ2) is 3.34. The minimum atomic E-state index is 0.567. The summed E-state index contributed by atoms with van der Waals surface area (Å²) in [6, 6.07) is 0.808. The summed E-state index contributed by atoms with van der Waals surface area (Å²) in [5.41, 5.74) is 1.90. The lowest BCUT2D eigenvalue weighted by atomic mass is 9.69. The van der Waals surface area contributed by atoms with Gasteiger partial charge >= 0.3 is 0 Å². The number of hydrogen-bond acceptors (Lipinski definition) is 1. The van der Waals surface area contributed by atoms with Crippen LogP contribution in [0, 0.1) is 28.1 Å². The van der Waals surface area contributed by atoms with Crippen molar-refractivity contribution in [2.24, 2.45) is 28.1 Å². The van der Waals surface area contributed by atoms with Gasteiger partial charge < -0.3 is 5.32 Å². The van der Waals surface area contributed by atoms with Crippen molar-refractivity contribution in [2.45, 2.75) is 71.8 Å². The zero-order valence-corrected chi connectivity index (χ0v) is 12.4. The molecule has 0 aromatic heterocycles. The Morgan fingerprint density at radius 3 is 2.11 bits per heavy atom. The molecule has 2 bridgehead atoms. The topological polar surface area (TPSA) is 12.0 Å². The summed E-state index contributed by atoms with van der Waals surface area (Å²) < 4.78 is 0. The van der Waals surface area contributed by atoms with Gasteiger partial charge in [-0.1, -0.05) is 20.8 Å². The fourth-order valence-electron chi connectivity index (χ4n) is 5.42. The maximum absolute atomic E-state index is 4.03. The van der Waals surface area contributed by atoms with Crippen LogP contribution in [0.2, 0.25) is 0 Å². The molecule has 18 heavy (non-hydrogen) atoms. The van der Waals surface area contributed by atoms with Crippen molar-refractivity contribution in [3.8, 4) is 0 Å². The van der Waals surface area contributed by atoms with E-state index in [0.717, 1.165) is 23.3 Å². The first-order valence-electron chi connectivity index (χ1n) is 8.21. The maximum Gasteiger partial charge on any atom is 0.0129 e. The van der Waals surface area contributed by atoms with E-state index in [4.69, 9.17) is 0 Å². The van der Waals surface area contributed by atoms with Crippen molar-refractivity contribution in [3.05, 3.63) is 0 Å². The van der Waals surface area contributed by atoms with E-state index < -0.39 is 0 Å². The third kappa shape index (κ3) is 1.38. The van der Waals surface area contributed by atoms with Crippen LogP contribution in [0.5, 0.6) is 0 Å². The van der Waals surface area contributed by atoms with Crippen LogP contribution in [0.3, 0.4) is 0 Å². The highest BCUT2D eigenvalue weighted by atomic mass is 15.0. The first kappa shape index (κ1) is 11.8. The molecule has 1 N–H and O–H groups in total. The van der Waals surface area contributed by atoms with E-state index in [2.05, 4.69) is 26.1 Å². The SMILES string of the molecule is CC1(C)C2CCC1(C)C(NCC1(C3CC3)CC1)C2. The summed E-state index contributed by atoms with van der Waals surface area (Å²) >= 11 is 0. The molecule has 1 heteroatoms. The highest BCUT2D eigenvalue weighted by Gasteiger charge is 2.62. The number of rotatable bonds is 4. The van der Waals surface area contributed by atoms with Gasteiger partial charge in [-0.2, -0.15) is 0 Å². The molecule has 0 radical (unpaired) electrons. The van der Waals surface area contributed by atoms with E-state index in [9.17, 15) is 0 Å². The maximum atomic E-state index is 4.03. The fourth-order valence-corrected chi connectivity index (χ4v) is 5.42. The highest BCUT2D eigenvalue weighted by molar-refractivity contribution is 5.14. The third-order valence-electron chi connectivity index (χ3n) is 7.83. The molecule has 4 aliphatic rings. The molecule has 0 saturated heterocycles. The lowest BCUT2D eigenvalue weighted by Gasteiger charge is -2.40. The van der Waals surface area contributed by atoms with Crippen molar-refractivity contribution < 1.29 is 0 Å². The lowest BCUT2D eigenvalue weighted by molar-refractivity contribution is 0.117. The van der Waals surface area contributed by atoms with Gasteiger partial charge in [0.05, 0.1) is 0 Å². The molecule has 4 fully saturated rings. The minimum absolute atomic E-state index is 0.567. The molecule has 4 aliphatic carbocycles. The molecule has 0 aromatic rings. The Morgan fingerprint density at radius 2 is 1.67 bits per heavy atom. The average Bonchev–Trinajstić information content (AvgIpc) is 3.20. The predicted octanol–water partition coefficient (Wildman–Crippen LogP) is 3.98. The van der Waals surface area contributed by atoms with Gasteiger partial charge in [0.25, 0.3) is 0 Å². The van der Waals surface area contributed by atoms with Gasteiger partial charge in [-0.15, -0.1) is 0 Å². The van der Waals surface area contributed by atoms with E-state index in [1.165, 1.54) is 51.5 Å². The van der Waals surface area contributed by atoms with Crippen molar-refractivity contribution in [3.63, 3.8) is 0 Å². The Labute approximate surface area is 112 Å². The van der Waals surface area contributed by atoms with Gasteiger partial charge in [-0.25, -0.2) is 0 Å². The summed E-state index contributed by atoms with van der Waals surface area (Å²) in [5, 5.41) is 4.03. The molecule has 0 amide bonds. The normalized spacial score (nSPS) is 47.5. The van der Waals surface area contributed by atoms with Crippen LogP contribution in [0.25, 0.3) is 0 Å². The summed E-state index contributed by atoms with van der Waals surface area (Å²) in [7, 11) is 0. The lowest BCUT2D eigenvalue weighted by Crippen LogP contribution is -2.46. The largest absolute Gasteiger partial charge is 0.313 e. The summed E-state index contributed by atoms with van der Waals surface area (Å²) in [6.45, 7) is 8.95. The quantitative estimate of drug-likeness (QED) is 0.792. The zero-order chi connectivity index (χ0) is 12.6. The van der Waals surface area contributed by atoms with Crippen molar-refractivity contribution >= 4 is 0 Å². The smallest absolute Gasteiger partial charge is 0.0129 e. The summed E-state index contributed by atoms with van der Waals surface area (Å²) in [5.74, 6) is 2.08. The highest BCUT2D eigenvalue weighted by Crippen LogP contribution is 2.66. The van der Waals surface area contributed by atoms with E-state index in [0.29, 0.717) is 10.8 Å². The Morgan fingerprint density at radius 1 is 0.944 bits per heavy atom.